The third-order valence-electron chi connectivity index (χ3n) is 2.67. The van der Waals surface area contributed by atoms with Crippen LogP contribution >= 0.6 is 23.2 Å². The summed E-state index contributed by atoms with van der Waals surface area (Å²) < 4.78 is 0. The molecule has 116 valence electrons. The molecule has 0 aromatic heterocycles. The molecule has 0 saturated carbocycles. The topological polar surface area (TPSA) is 106 Å². The van der Waals surface area contributed by atoms with E-state index in [2.05, 4.69) is 5.32 Å². The van der Waals surface area contributed by atoms with Gasteiger partial charge in [-0.05, 0) is 25.1 Å². The molecule has 0 spiro atoms. The molecule has 1 aromatic rings. The maximum Gasteiger partial charge on any atom is 0.230 e. The molecule has 0 heterocycles. The Labute approximate surface area is 132 Å². The van der Waals surface area contributed by atoms with Crippen LogP contribution in [0.15, 0.2) is 18.2 Å². The number of anilines is 1. The van der Waals surface area contributed by atoms with Gasteiger partial charge in [-0.2, -0.15) is 0 Å². The van der Waals surface area contributed by atoms with E-state index in [0.717, 1.165) is 0 Å². The number of aliphatic hydroxyl groups is 1. The molecule has 0 aliphatic heterocycles. The van der Waals surface area contributed by atoms with Crippen molar-refractivity contribution in [3.63, 3.8) is 0 Å². The molecule has 1 amide bonds. The van der Waals surface area contributed by atoms with Crippen molar-refractivity contribution in [1.82, 2.24) is 0 Å². The molecule has 1 aromatic carbocycles. The molecule has 0 fully saturated rings. The van der Waals surface area contributed by atoms with Crippen molar-refractivity contribution >= 4 is 40.8 Å². The highest BCUT2D eigenvalue weighted by Gasteiger charge is 2.19. The number of carbonyl (C=O) groups is 2. The molecule has 0 unspecified atom stereocenters. The average Bonchev–Trinajstić information content (AvgIpc) is 2.38. The van der Waals surface area contributed by atoms with E-state index in [-0.39, 0.29) is 18.0 Å². The van der Waals surface area contributed by atoms with E-state index < -0.39 is 24.0 Å². The summed E-state index contributed by atoms with van der Waals surface area (Å²) in [5, 5.41) is 24.6. The highest BCUT2D eigenvalue weighted by atomic mass is 35.5. The first kappa shape index (κ1) is 17.7. The number of carboxylic acids is 1. The number of rotatable bonds is 7. The van der Waals surface area contributed by atoms with Crippen LogP contribution in [0.2, 0.25) is 10.0 Å². The third-order valence-corrected chi connectivity index (χ3v) is 3.41. The Morgan fingerprint density at radius 1 is 1.38 bits per heavy atom. The number of nitrogens with two attached hydrogens (primary N) is 1. The zero-order chi connectivity index (χ0) is 16.0. The summed E-state index contributed by atoms with van der Waals surface area (Å²) in [4.78, 5) is 22.8. The molecule has 0 radical (unpaired) electrons. The summed E-state index contributed by atoms with van der Waals surface area (Å²) in [6.07, 6.45) is -0.958. The molecule has 0 aliphatic carbocycles. The van der Waals surface area contributed by atoms with Crippen LogP contribution in [0.25, 0.3) is 0 Å². The van der Waals surface area contributed by atoms with Crippen LogP contribution in [-0.2, 0) is 9.59 Å². The summed E-state index contributed by atoms with van der Waals surface area (Å²) in [6.45, 7) is 1.69. The molecule has 0 bridgehead atoms. The minimum atomic E-state index is -1.36. The second-order valence-electron chi connectivity index (χ2n) is 4.63. The zero-order valence-electron chi connectivity index (χ0n) is 11.3. The summed E-state index contributed by atoms with van der Waals surface area (Å²) in [5.74, 6) is -1.86. The van der Waals surface area contributed by atoms with Gasteiger partial charge in [0.2, 0.25) is 5.91 Å². The number of carbonyl (C=O) groups excluding carboxylic acids is 2. The first-order valence-electron chi connectivity index (χ1n) is 6.26. The highest BCUT2D eigenvalue weighted by molar-refractivity contribution is 6.42. The van der Waals surface area contributed by atoms with Gasteiger partial charge >= 0.3 is 0 Å². The number of benzene rings is 1. The summed E-state index contributed by atoms with van der Waals surface area (Å²) in [5.41, 5.74) is 0.419. The quantitative estimate of drug-likeness (QED) is 0.618. The molecule has 8 heteroatoms. The van der Waals surface area contributed by atoms with Gasteiger partial charge in [0.05, 0.1) is 28.5 Å². The number of nitrogens with one attached hydrogen (secondary N) is 1. The number of aliphatic hydroxyl groups excluding tert-OH is 1. The number of halogens is 2. The van der Waals surface area contributed by atoms with Crippen LogP contribution in [0.5, 0.6) is 0 Å². The predicted octanol–water partition coefficient (Wildman–Crippen LogP) is -0.615. The van der Waals surface area contributed by atoms with Crippen molar-refractivity contribution in [2.75, 3.05) is 11.9 Å². The Bertz CT molecular complexity index is 523. The standard InChI is InChI=1S/C13H16Cl2N2O4/c1-7(18)6-16-11(13(20)21)5-12(19)17-8-2-3-9(14)10(15)4-8/h2-4,7,11,16,18H,5-6H2,1H3,(H,17,19)(H,20,21)/t7-,11+/m0/s1. The lowest BCUT2D eigenvalue weighted by atomic mass is 10.2. The Balaban J connectivity index is 2.60. The molecular weight excluding hydrogens is 319 g/mol. The lowest BCUT2D eigenvalue weighted by molar-refractivity contribution is -0.687. The minimum Gasteiger partial charge on any atom is -0.544 e. The van der Waals surface area contributed by atoms with Crippen LogP contribution in [0.1, 0.15) is 13.3 Å². The van der Waals surface area contributed by atoms with Gasteiger partial charge in [0, 0.05) is 5.69 Å². The molecule has 0 saturated heterocycles. The normalized spacial score (nSPS) is 13.5. The summed E-state index contributed by atoms with van der Waals surface area (Å²) in [6, 6.07) is 3.48. The van der Waals surface area contributed by atoms with E-state index >= 15 is 0 Å². The molecule has 4 N–H and O–H groups in total. The molecule has 1 rings (SSSR count). The lowest BCUT2D eigenvalue weighted by Gasteiger charge is -2.17. The fourth-order valence-electron chi connectivity index (χ4n) is 1.61. The first-order chi connectivity index (χ1) is 9.79. The summed E-state index contributed by atoms with van der Waals surface area (Å²) >= 11 is 11.6. The van der Waals surface area contributed by atoms with Gasteiger partial charge in [0.1, 0.15) is 12.6 Å². The van der Waals surface area contributed by atoms with Crippen LogP contribution in [-0.4, -0.2) is 35.7 Å². The largest absolute Gasteiger partial charge is 0.544 e. The third kappa shape index (κ3) is 6.31. The summed E-state index contributed by atoms with van der Waals surface area (Å²) in [7, 11) is 0. The van der Waals surface area contributed by atoms with Crippen molar-refractivity contribution < 1.29 is 25.1 Å². The van der Waals surface area contributed by atoms with E-state index in [1.54, 1.807) is 6.07 Å². The average molecular weight is 335 g/mol. The Morgan fingerprint density at radius 3 is 2.57 bits per heavy atom. The minimum absolute atomic E-state index is 0.165. The van der Waals surface area contributed by atoms with E-state index in [9.17, 15) is 14.7 Å². The van der Waals surface area contributed by atoms with E-state index in [1.165, 1.54) is 24.4 Å². The van der Waals surface area contributed by atoms with Crippen LogP contribution in [0.4, 0.5) is 5.69 Å². The van der Waals surface area contributed by atoms with Crippen LogP contribution < -0.4 is 15.7 Å². The number of hydrogen-bond donors (Lipinski definition) is 3. The van der Waals surface area contributed by atoms with Gasteiger partial charge in [0.25, 0.3) is 0 Å². The van der Waals surface area contributed by atoms with Crippen molar-refractivity contribution in [2.24, 2.45) is 0 Å². The maximum atomic E-state index is 11.8. The van der Waals surface area contributed by atoms with Gasteiger partial charge < -0.3 is 25.6 Å². The van der Waals surface area contributed by atoms with E-state index in [0.29, 0.717) is 10.7 Å². The predicted molar refractivity (Wildman–Crippen MR) is 77.0 cm³/mol. The van der Waals surface area contributed by atoms with Crippen molar-refractivity contribution in [3.8, 4) is 0 Å². The smallest absolute Gasteiger partial charge is 0.230 e. The number of quaternary nitrogens is 1. The van der Waals surface area contributed by atoms with Gasteiger partial charge in [-0.25, -0.2) is 0 Å². The Hall–Kier alpha value is -1.34. The fourth-order valence-corrected chi connectivity index (χ4v) is 1.91. The first-order valence-corrected chi connectivity index (χ1v) is 7.02. The van der Waals surface area contributed by atoms with Gasteiger partial charge in [-0.15, -0.1) is 0 Å². The van der Waals surface area contributed by atoms with Crippen LogP contribution in [0, 0.1) is 0 Å². The van der Waals surface area contributed by atoms with Crippen molar-refractivity contribution in [3.05, 3.63) is 28.2 Å². The molecule has 21 heavy (non-hydrogen) atoms. The van der Waals surface area contributed by atoms with Crippen molar-refractivity contribution in [2.45, 2.75) is 25.5 Å². The SMILES string of the molecule is C[C@H](O)C[NH2+][C@H](CC(=O)Nc1ccc(Cl)c(Cl)c1)C(=O)[O-]. The van der Waals surface area contributed by atoms with E-state index in [1.807, 2.05) is 0 Å². The van der Waals surface area contributed by atoms with Gasteiger partial charge in [-0.1, -0.05) is 23.2 Å². The van der Waals surface area contributed by atoms with Gasteiger partial charge in [0.15, 0.2) is 0 Å². The Morgan fingerprint density at radius 2 is 2.05 bits per heavy atom. The number of hydrogen-bond acceptors (Lipinski definition) is 4. The maximum absolute atomic E-state index is 11.8. The second kappa shape index (κ2) is 8.19. The molecular formula is C13H16Cl2N2O4. The molecule has 0 aliphatic rings. The van der Waals surface area contributed by atoms with E-state index in [4.69, 9.17) is 28.3 Å². The Kier molecular flexibility index (Phi) is 6.91. The molecule has 6 nitrogen and oxygen atoms in total. The monoisotopic (exact) mass is 334 g/mol. The van der Waals surface area contributed by atoms with Gasteiger partial charge in [-0.3, -0.25) is 4.79 Å². The fraction of sp³-hybridized carbons (Fsp3) is 0.385. The lowest BCUT2D eigenvalue weighted by Crippen LogP contribution is -2.94. The van der Waals surface area contributed by atoms with Crippen molar-refractivity contribution in [1.29, 1.82) is 0 Å². The zero-order valence-corrected chi connectivity index (χ0v) is 12.8. The van der Waals surface area contributed by atoms with Crippen LogP contribution in [0.3, 0.4) is 0 Å². The number of aliphatic carboxylic acids is 1. The molecule has 2 atom stereocenters. The second-order valence-corrected chi connectivity index (χ2v) is 5.44. The highest BCUT2D eigenvalue weighted by Crippen LogP contribution is 2.24. The number of carboxylic acid groups (broad SMARTS) is 1. The number of amides is 1.